The average Bonchev–Trinajstić information content (AvgIpc) is 2.99. The average molecular weight is 335 g/mol. The van der Waals surface area contributed by atoms with Gasteiger partial charge in [0.15, 0.2) is 0 Å². The molecule has 3 heterocycles. The van der Waals surface area contributed by atoms with Crippen LogP contribution in [0.25, 0.3) is 0 Å². The first kappa shape index (κ1) is 17.4. The number of ether oxygens (including phenoxy) is 1. The van der Waals surface area contributed by atoms with E-state index in [1.54, 1.807) is 0 Å². The Morgan fingerprint density at radius 2 is 2.04 bits per heavy atom. The van der Waals surface area contributed by atoms with Gasteiger partial charge < -0.3 is 14.6 Å². The molecule has 0 radical (unpaired) electrons. The fourth-order valence-corrected chi connectivity index (χ4v) is 3.25. The van der Waals surface area contributed by atoms with Crippen LogP contribution in [0.1, 0.15) is 31.8 Å². The molecule has 1 aromatic rings. The van der Waals surface area contributed by atoms with Gasteiger partial charge in [-0.15, -0.1) is 0 Å². The molecular formula is C17H29N5O2. The molecule has 0 saturated carbocycles. The Hall–Kier alpha value is -1.44. The van der Waals surface area contributed by atoms with Crippen molar-refractivity contribution in [2.75, 3.05) is 39.3 Å². The molecule has 7 nitrogen and oxygen atoms in total. The number of carbonyl (C=O) groups is 1. The van der Waals surface area contributed by atoms with Gasteiger partial charge in [-0.3, -0.25) is 14.6 Å². The van der Waals surface area contributed by atoms with E-state index in [0.717, 1.165) is 58.1 Å². The van der Waals surface area contributed by atoms with Crippen molar-refractivity contribution in [3.05, 3.63) is 17.7 Å². The molecule has 0 aliphatic carbocycles. The molecule has 1 amide bonds. The summed E-state index contributed by atoms with van der Waals surface area (Å²) < 4.78 is 7.73. The third-order valence-electron chi connectivity index (χ3n) is 4.95. The highest BCUT2D eigenvalue weighted by Gasteiger charge is 2.22. The lowest BCUT2D eigenvalue weighted by molar-refractivity contribution is -0.123. The van der Waals surface area contributed by atoms with Crippen molar-refractivity contribution in [3.8, 4) is 0 Å². The first-order chi connectivity index (χ1) is 11.7. The molecule has 1 atom stereocenters. The number of carbonyl (C=O) groups excluding carboxylic acids is 1. The second kappa shape index (κ2) is 8.09. The number of aromatic nitrogens is 2. The van der Waals surface area contributed by atoms with Gasteiger partial charge in [0.25, 0.3) is 0 Å². The molecule has 1 aromatic heterocycles. The fraction of sp³-hybridized carbons (Fsp3) is 0.765. The van der Waals surface area contributed by atoms with E-state index in [9.17, 15) is 4.79 Å². The van der Waals surface area contributed by atoms with Crippen molar-refractivity contribution in [3.63, 3.8) is 0 Å². The number of amides is 1. The van der Waals surface area contributed by atoms with Crippen LogP contribution < -0.4 is 5.32 Å². The van der Waals surface area contributed by atoms with E-state index in [-0.39, 0.29) is 11.9 Å². The van der Waals surface area contributed by atoms with Gasteiger partial charge in [0.05, 0.1) is 18.8 Å². The van der Waals surface area contributed by atoms with Crippen LogP contribution in [0.2, 0.25) is 0 Å². The standard InChI is InChI=1S/C17H29N5O2/c1-3-14(2)19-17(23)12-21-6-4-20(5-7-21)11-15-10-18-16-13-24-9-8-22(15)16/h10,14H,3-9,11-13H2,1-2H3,(H,19,23). The largest absolute Gasteiger partial charge is 0.372 e. The minimum Gasteiger partial charge on any atom is -0.372 e. The van der Waals surface area contributed by atoms with E-state index >= 15 is 0 Å². The number of nitrogens with zero attached hydrogens (tertiary/aromatic N) is 4. The van der Waals surface area contributed by atoms with Gasteiger partial charge in [0, 0.05) is 51.5 Å². The lowest BCUT2D eigenvalue weighted by Crippen LogP contribution is -2.50. The summed E-state index contributed by atoms with van der Waals surface area (Å²) in [5.74, 6) is 1.18. The second-order valence-electron chi connectivity index (χ2n) is 6.80. The monoisotopic (exact) mass is 335 g/mol. The van der Waals surface area contributed by atoms with E-state index in [1.165, 1.54) is 5.69 Å². The summed E-state index contributed by atoms with van der Waals surface area (Å²) in [7, 11) is 0. The Morgan fingerprint density at radius 1 is 1.29 bits per heavy atom. The Balaban J connectivity index is 1.44. The third-order valence-corrected chi connectivity index (χ3v) is 4.95. The molecule has 24 heavy (non-hydrogen) atoms. The van der Waals surface area contributed by atoms with E-state index in [4.69, 9.17) is 4.74 Å². The molecule has 1 fully saturated rings. The van der Waals surface area contributed by atoms with E-state index in [2.05, 4.69) is 31.6 Å². The minimum atomic E-state index is 0.141. The molecular weight excluding hydrogens is 306 g/mol. The predicted octanol–water partition coefficient (Wildman–Crippen LogP) is 0.446. The zero-order valence-electron chi connectivity index (χ0n) is 14.8. The molecule has 1 saturated heterocycles. The molecule has 0 bridgehead atoms. The minimum absolute atomic E-state index is 0.141. The first-order valence-corrected chi connectivity index (χ1v) is 9.00. The Kier molecular flexibility index (Phi) is 5.86. The maximum absolute atomic E-state index is 12.0. The summed E-state index contributed by atoms with van der Waals surface area (Å²) >= 11 is 0. The van der Waals surface area contributed by atoms with Crippen molar-refractivity contribution >= 4 is 5.91 Å². The Bertz CT molecular complexity index is 551. The summed E-state index contributed by atoms with van der Waals surface area (Å²) in [5.41, 5.74) is 1.27. The summed E-state index contributed by atoms with van der Waals surface area (Å²) in [5, 5.41) is 3.04. The number of piperazine rings is 1. The van der Waals surface area contributed by atoms with Gasteiger partial charge in [-0.25, -0.2) is 4.98 Å². The zero-order valence-corrected chi connectivity index (χ0v) is 14.8. The summed E-state index contributed by atoms with van der Waals surface area (Å²) in [6.07, 6.45) is 2.95. The molecule has 0 aromatic carbocycles. The van der Waals surface area contributed by atoms with Crippen molar-refractivity contribution in [2.45, 2.75) is 46.0 Å². The van der Waals surface area contributed by atoms with E-state index in [1.807, 2.05) is 13.1 Å². The number of imidazole rings is 1. The van der Waals surface area contributed by atoms with Crippen molar-refractivity contribution in [1.29, 1.82) is 0 Å². The molecule has 2 aliphatic rings. The van der Waals surface area contributed by atoms with E-state index in [0.29, 0.717) is 13.2 Å². The normalized spacial score (nSPS) is 20.6. The fourth-order valence-electron chi connectivity index (χ4n) is 3.25. The Labute approximate surface area is 144 Å². The highest BCUT2D eigenvalue weighted by Crippen LogP contribution is 2.14. The van der Waals surface area contributed by atoms with Crippen molar-refractivity contribution < 1.29 is 9.53 Å². The topological polar surface area (TPSA) is 62.6 Å². The molecule has 1 N–H and O–H groups in total. The third kappa shape index (κ3) is 4.34. The van der Waals surface area contributed by atoms with Crippen LogP contribution in [0.3, 0.4) is 0 Å². The highest BCUT2D eigenvalue weighted by atomic mass is 16.5. The van der Waals surface area contributed by atoms with Gasteiger partial charge in [0.1, 0.15) is 12.4 Å². The maximum atomic E-state index is 12.0. The van der Waals surface area contributed by atoms with Gasteiger partial charge in [-0.2, -0.15) is 0 Å². The Morgan fingerprint density at radius 3 is 2.79 bits per heavy atom. The number of hydrogen-bond acceptors (Lipinski definition) is 5. The molecule has 2 aliphatic heterocycles. The molecule has 3 rings (SSSR count). The second-order valence-corrected chi connectivity index (χ2v) is 6.80. The lowest BCUT2D eigenvalue weighted by atomic mass is 10.2. The predicted molar refractivity (Wildman–Crippen MR) is 91.5 cm³/mol. The summed E-state index contributed by atoms with van der Waals surface area (Å²) in [6, 6.07) is 0.260. The highest BCUT2D eigenvalue weighted by molar-refractivity contribution is 5.78. The quantitative estimate of drug-likeness (QED) is 0.818. The smallest absolute Gasteiger partial charge is 0.234 e. The van der Waals surface area contributed by atoms with Crippen LogP contribution in [0, 0.1) is 0 Å². The van der Waals surface area contributed by atoms with Gasteiger partial charge >= 0.3 is 0 Å². The van der Waals surface area contributed by atoms with Gasteiger partial charge in [-0.05, 0) is 13.3 Å². The molecule has 7 heteroatoms. The number of hydrogen-bond donors (Lipinski definition) is 1. The molecule has 1 unspecified atom stereocenters. The maximum Gasteiger partial charge on any atom is 0.234 e. The van der Waals surface area contributed by atoms with Crippen LogP contribution in [0.15, 0.2) is 6.20 Å². The molecule has 0 spiro atoms. The van der Waals surface area contributed by atoms with Crippen molar-refractivity contribution in [1.82, 2.24) is 24.7 Å². The number of rotatable bonds is 6. The van der Waals surface area contributed by atoms with E-state index < -0.39 is 0 Å². The zero-order chi connectivity index (χ0) is 16.9. The van der Waals surface area contributed by atoms with Gasteiger partial charge in [-0.1, -0.05) is 6.92 Å². The number of fused-ring (bicyclic) bond motifs is 1. The molecule has 134 valence electrons. The number of nitrogens with one attached hydrogen (secondary N) is 1. The van der Waals surface area contributed by atoms with Gasteiger partial charge in [0.2, 0.25) is 5.91 Å². The summed E-state index contributed by atoms with van der Waals surface area (Å²) in [4.78, 5) is 21.1. The SMILES string of the molecule is CCC(C)NC(=O)CN1CCN(Cc2cnc3n2CCOC3)CC1. The van der Waals surface area contributed by atoms with Crippen LogP contribution >= 0.6 is 0 Å². The summed E-state index contributed by atoms with van der Waals surface area (Å²) in [6.45, 7) is 11.8. The van der Waals surface area contributed by atoms with Crippen LogP contribution in [-0.2, 0) is 29.2 Å². The van der Waals surface area contributed by atoms with Crippen LogP contribution in [0.4, 0.5) is 0 Å². The lowest BCUT2D eigenvalue weighted by Gasteiger charge is -2.34. The van der Waals surface area contributed by atoms with Crippen LogP contribution in [0.5, 0.6) is 0 Å². The van der Waals surface area contributed by atoms with Crippen molar-refractivity contribution in [2.24, 2.45) is 0 Å². The first-order valence-electron chi connectivity index (χ1n) is 9.00. The van der Waals surface area contributed by atoms with Crippen LogP contribution in [-0.4, -0.2) is 70.6 Å².